The van der Waals surface area contributed by atoms with Gasteiger partial charge in [0.05, 0.1) is 6.61 Å². The number of rotatable bonds is 5. The number of ether oxygens (including phenoxy) is 1. The van der Waals surface area contributed by atoms with E-state index in [1.807, 2.05) is 0 Å². The molecule has 3 N–H and O–H groups in total. The molecule has 5 heteroatoms. The summed E-state index contributed by atoms with van der Waals surface area (Å²) >= 11 is 0. The quantitative estimate of drug-likeness (QED) is 0.588. The Kier molecular flexibility index (Phi) is 5.60. The summed E-state index contributed by atoms with van der Waals surface area (Å²) in [6.45, 7) is 6.57. The number of nitrogens with two attached hydrogens (primary N) is 1. The third-order valence-corrected chi connectivity index (χ3v) is 2.57. The standard InChI is InChI=1S/C10H21N3O2/c1-2-13-6-7-15-9(8-13)10(14)12-5-3-4-11/h9H,2-8,11H2,1H3,(H,12,14). The Labute approximate surface area is 90.9 Å². The van der Waals surface area contributed by atoms with Gasteiger partial charge in [0.2, 0.25) is 5.91 Å². The summed E-state index contributed by atoms with van der Waals surface area (Å²) in [6, 6.07) is 0. The van der Waals surface area contributed by atoms with Crippen LogP contribution >= 0.6 is 0 Å². The predicted octanol–water partition coefficient (Wildman–Crippen LogP) is -0.828. The molecule has 1 saturated heterocycles. The van der Waals surface area contributed by atoms with Gasteiger partial charge >= 0.3 is 0 Å². The fraction of sp³-hybridized carbons (Fsp3) is 0.900. The number of hydrogen-bond acceptors (Lipinski definition) is 4. The lowest BCUT2D eigenvalue weighted by Crippen LogP contribution is -2.49. The first-order valence-electron chi connectivity index (χ1n) is 5.59. The SMILES string of the molecule is CCN1CCOC(C(=O)NCCCN)C1. The molecule has 1 aliphatic rings. The van der Waals surface area contributed by atoms with Crippen LogP contribution in [0.25, 0.3) is 0 Å². The number of carbonyl (C=O) groups is 1. The van der Waals surface area contributed by atoms with Crippen molar-refractivity contribution in [2.75, 3.05) is 39.3 Å². The van der Waals surface area contributed by atoms with E-state index in [1.54, 1.807) is 0 Å². The van der Waals surface area contributed by atoms with Crippen molar-refractivity contribution in [1.29, 1.82) is 0 Å². The number of amides is 1. The van der Waals surface area contributed by atoms with Crippen LogP contribution in [-0.4, -0.2) is 56.2 Å². The molecule has 0 radical (unpaired) electrons. The third kappa shape index (κ3) is 4.15. The molecule has 0 spiro atoms. The van der Waals surface area contributed by atoms with Crippen LogP contribution in [0, 0.1) is 0 Å². The van der Waals surface area contributed by atoms with Gasteiger partial charge in [-0.25, -0.2) is 0 Å². The Hall–Kier alpha value is -0.650. The van der Waals surface area contributed by atoms with Crippen LogP contribution in [0.5, 0.6) is 0 Å². The topological polar surface area (TPSA) is 67.6 Å². The summed E-state index contributed by atoms with van der Waals surface area (Å²) in [4.78, 5) is 13.8. The molecule has 88 valence electrons. The van der Waals surface area contributed by atoms with E-state index in [1.165, 1.54) is 0 Å². The number of morpholine rings is 1. The summed E-state index contributed by atoms with van der Waals surface area (Å²) < 4.78 is 5.42. The van der Waals surface area contributed by atoms with Crippen molar-refractivity contribution in [2.45, 2.75) is 19.4 Å². The summed E-state index contributed by atoms with van der Waals surface area (Å²) in [5, 5.41) is 2.83. The van der Waals surface area contributed by atoms with E-state index in [4.69, 9.17) is 10.5 Å². The van der Waals surface area contributed by atoms with Crippen molar-refractivity contribution >= 4 is 5.91 Å². The van der Waals surface area contributed by atoms with Gasteiger partial charge < -0.3 is 15.8 Å². The predicted molar refractivity (Wildman–Crippen MR) is 58.5 cm³/mol. The minimum Gasteiger partial charge on any atom is -0.366 e. The van der Waals surface area contributed by atoms with Crippen LogP contribution < -0.4 is 11.1 Å². The maximum atomic E-state index is 11.6. The van der Waals surface area contributed by atoms with E-state index in [2.05, 4.69) is 17.1 Å². The molecule has 0 aromatic heterocycles. The molecule has 5 nitrogen and oxygen atoms in total. The summed E-state index contributed by atoms with van der Waals surface area (Å²) in [5.74, 6) is -0.0124. The average molecular weight is 215 g/mol. The third-order valence-electron chi connectivity index (χ3n) is 2.57. The highest BCUT2D eigenvalue weighted by Gasteiger charge is 2.25. The van der Waals surface area contributed by atoms with Crippen LogP contribution in [0.1, 0.15) is 13.3 Å². The molecule has 1 aliphatic heterocycles. The van der Waals surface area contributed by atoms with Gasteiger partial charge in [0.1, 0.15) is 6.10 Å². The first-order chi connectivity index (χ1) is 7.27. The van der Waals surface area contributed by atoms with Gasteiger partial charge in [0.15, 0.2) is 0 Å². The summed E-state index contributed by atoms with van der Waals surface area (Å²) in [6.07, 6.45) is 0.507. The molecule has 0 aliphatic carbocycles. The van der Waals surface area contributed by atoms with Crippen molar-refractivity contribution in [1.82, 2.24) is 10.2 Å². The van der Waals surface area contributed by atoms with Crippen LogP contribution in [-0.2, 0) is 9.53 Å². The summed E-state index contributed by atoms with van der Waals surface area (Å²) in [5.41, 5.74) is 5.35. The Balaban J connectivity index is 2.25. The number of nitrogens with one attached hydrogen (secondary N) is 1. The molecule has 1 heterocycles. The molecule has 1 atom stereocenters. The van der Waals surface area contributed by atoms with E-state index >= 15 is 0 Å². The van der Waals surface area contributed by atoms with Gasteiger partial charge in [-0.2, -0.15) is 0 Å². The fourth-order valence-electron chi connectivity index (χ4n) is 1.58. The lowest BCUT2D eigenvalue weighted by atomic mass is 10.2. The lowest BCUT2D eigenvalue weighted by molar-refractivity contribution is -0.138. The molecule has 0 aromatic rings. The second kappa shape index (κ2) is 6.76. The van der Waals surface area contributed by atoms with Crippen molar-refractivity contribution < 1.29 is 9.53 Å². The van der Waals surface area contributed by atoms with E-state index in [-0.39, 0.29) is 12.0 Å². The van der Waals surface area contributed by atoms with Gasteiger partial charge in [0.25, 0.3) is 0 Å². The molecule has 0 saturated carbocycles. The normalized spacial score (nSPS) is 22.7. The van der Waals surface area contributed by atoms with Gasteiger partial charge in [-0.05, 0) is 19.5 Å². The Morgan fingerprint density at radius 3 is 3.13 bits per heavy atom. The minimum atomic E-state index is -0.309. The van der Waals surface area contributed by atoms with Crippen molar-refractivity contribution in [2.24, 2.45) is 5.73 Å². The second-order valence-corrected chi connectivity index (χ2v) is 3.69. The van der Waals surface area contributed by atoms with Crippen molar-refractivity contribution in [3.05, 3.63) is 0 Å². The fourth-order valence-corrected chi connectivity index (χ4v) is 1.58. The Bertz CT molecular complexity index is 199. The maximum absolute atomic E-state index is 11.6. The van der Waals surface area contributed by atoms with Gasteiger partial charge in [0, 0.05) is 19.6 Å². The molecular weight excluding hydrogens is 194 g/mol. The van der Waals surface area contributed by atoms with E-state index in [9.17, 15) is 4.79 Å². The van der Waals surface area contributed by atoms with Gasteiger partial charge in [-0.15, -0.1) is 0 Å². The Morgan fingerprint density at radius 1 is 1.67 bits per heavy atom. The molecule has 1 amide bonds. The minimum absolute atomic E-state index is 0.0124. The number of hydrogen-bond donors (Lipinski definition) is 2. The van der Waals surface area contributed by atoms with E-state index in [0.717, 1.165) is 19.5 Å². The smallest absolute Gasteiger partial charge is 0.250 e. The molecule has 1 rings (SSSR count). The largest absolute Gasteiger partial charge is 0.366 e. The number of likely N-dealkylation sites (N-methyl/N-ethyl adjacent to an activating group) is 1. The zero-order chi connectivity index (χ0) is 11.1. The number of carbonyl (C=O) groups excluding carboxylic acids is 1. The first-order valence-corrected chi connectivity index (χ1v) is 5.59. The monoisotopic (exact) mass is 215 g/mol. The van der Waals surface area contributed by atoms with Crippen LogP contribution in [0.2, 0.25) is 0 Å². The molecule has 0 aromatic carbocycles. The van der Waals surface area contributed by atoms with Crippen molar-refractivity contribution in [3.8, 4) is 0 Å². The lowest BCUT2D eigenvalue weighted by Gasteiger charge is -2.31. The van der Waals surface area contributed by atoms with E-state index < -0.39 is 0 Å². The molecule has 1 fully saturated rings. The highest BCUT2D eigenvalue weighted by atomic mass is 16.5. The number of nitrogens with zero attached hydrogens (tertiary/aromatic N) is 1. The summed E-state index contributed by atoms with van der Waals surface area (Å²) in [7, 11) is 0. The first kappa shape index (κ1) is 12.4. The highest BCUT2D eigenvalue weighted by molar-refractivity contribution is 5.81. The van der Waals surface area contributed by atoms with Crippen molar-refractivity contribution in [3.63, 3.8) is 0 Å². The zero-order valence-electron chi connectivity index (χ0n) is 9.37. The van der Waals surface area contributed by atoms with Crippen LogP contribution in [0.15, 0.2) is 0 Å². The Morgan fingerprint density at radius 2 is 2.47 bits per heavy atom. The molecular formula is C10H21N3O2. The zero-order valence-corrected chi connectivity index (χ0v) is 9.37. The van der Waals surface area contributed by atoms with Crippen LogP contribution in [0.3, 0.4) is 0 Å². The second-order valence-electron chi connectivity index (χ2n) is 3.69. The van der Waals surface area contributed by atoms with E-state index in [0.29, 0.717) is 26.2 Å². The maximum Gasteiger partial charge on any atom is 0.250 e. The highest BCUT2D eigenvalue weighted by Crippen LogP contribution is 2.04. The average Bonchev–Trinajstić information content (AvgIpc) is 2.29. The van der Waals surface area contributed by atoms with Gasteiger partial charge in [-0.1, -0.05) is 6.92 Å². The van der Waals surface area contributed by atoms with Crippen LogP contribution in [0.4, 0.5) is 0 Å². The molecule has 1 unspecified atom stereocenters. The molecule has 0 bridgehead atoms. The molecule has 15 heavy (non-hydrogen) atoms. The van der Waals surface area contributed by atoms with Gasteiger partial charge in [-0.3, -0.25) is 9.69 Å².